The van der Waals surface area contributed by atoms with Crippen LogP contribution in [0.15, 0.2) is 24.4 Å². The summed E-state index contributed by atoms with van der Waals surface area (Å²) >= 11 is 0. The molecule has 1 N–H and O–H groups in total. The van der Waals surface area contributed by atoms with Gasteiger partial charge in [0.1, 0.15) is 11.3 Å². The fourth-order valence-corrected chi connectivity index (χ4v) is 2.47. The SMILES string of the molecule is COc1cccc2c(C)nc(Nc3ncc(C(C)=O)c(C)n3)nc12. The summed E-state index contributed by atoms with van der Waals surface area (Å²) in [6.07, 6.45) is 1.50. The zero-order valence-corrected chi connectivity index (χ0v) is 13.9. The van der Waals surface area contributed by atoms with Crippen LogP contribution >= 0.6 is 0 Å². The highest BCUT2D eigenvalue weighted by Gasteiger charge is 2.11. The molecule has 0 aliphatic rings. The molecule has 3 aromatic rings. The highest BCUT2D eigenvalue weighted by molar-refractivity contribution is 5.94. The molecule has 3 rings (SSSR count). The van der Waals surface area contributed by atoms with Crippen molar-refractivity contribution in [3.8, 4) is 5.75 Å². The van der Waals surface area contributed by atoms with Gasteiger partial charge in [0.2, 0.25) is 11.9 Å². The molecule has 0 atom stereocenters. The van der Waals surface area contributed by atoms with E-state index in [-0.39, 0.29) is 5.78 Å². The van der Waals surface area contributed by atoms with Crippen molar-refractivity contribution in [2.75, 3.05) is 12.4 Å². The zero-order valence-electron chi connectivity index (χ0n) is 13.9. The zero-order chi connectivity index (χ0) is 17.3. The maximum atomic E-state index is 11.5. The number of aryl methyl sites for hydroxylation is 2. The molecule has 0 aliphatic carbocycles. The van der Waals surface area contributed by atoms with Crippen molar-refractivity contribution in [3.63, 3.8) is 0 Å². The number of hydrogen-bond acceptors (Lipinski definition) is 7. The summed E-state index contributed by atoms with van der Waals surface area (Å²) in [7, 11) is 1.60. The molecule has 2 aromatic heterocycles. The van der Waals surface area contributed by atoms with Crippen LogP contribution in [0.25, 0.3) is 10.9 Å². The van der Waals surface area contributed by atoms with Crippen LogP contribution in [0.2, 0.25) is 0 Å². The summed E-state index contributed by atoms with van der Waals surface area (Å²) in [5.74, 6) is 1.32. The highest BCUT2D eigenvalue weighted by atomic mass is 16.5. The number of Topliss-reactive ketones (excluding diaryl/α,β-unsaturated/α-hetero) is 1. The number of benzene rings is 1. The van der Waals surface area contributed by atoms with Gasteiger partial charge in [0.25, 0.3) is 0 Å². The highest BCUT2D eigenvalue weighted by Crippen LogP contribution is 2.26. The van der Waals surface area contributed by atoms with Crippen molar-refractivity contribution in [2.24, 2.45) is 0 Å². The van der Waals surface area contributed by atoms with Gasteiger partial charge in [-0.05, 0) is 26.8 Å². The minimum absolute atomic E-state index is 0.0680. The van der Waals surface area contributed by atoms with E-state index < -0.39 is 0 Å². The first kappa shape index (κ1) is 15.8. The standard InChI is InChI=1S/C17H17N5O2/c1-9-12-6-5-7-14(24-4)15(12)21-17(20-9)22-16-18-8-13(11(3)23)10(2)19-16/h5-8H,1-4H3,(H,18,19,20,21,22). The number of carbonyl (C=O) groups excluding carboxylic acids is 1. The summed E-state index contributed by atoms with van der Waals surface area (Å²) in [4.78, 5) is 28.8. The van der Waals surface area contributed by atoms with E-state index in [2.05, 4.69) is 25.3 Å². The minimum atomic E-state index is -0.0680. The van der Waals surface area contributed by atoms with Gasteiger partial charge in [-0.3, -0.25) is 10.1 Å². The summed E-state index contributed by atoms with van der Waals surface area (Å²) in [6, 6.07) is 5.69. The number of ether oxygens (including phenoxy) is 1. The lowest BCUT2D eigenvalue weighted by atomic mass is 10.2. The number of hydrogen-bond donors (Lipinski definition) is 1. The van der Waals surface area contributed by atoms with E-state index in [1.54, 1.807) is 14.0 Å². The Morgan fingerprint density at radius 3 is 2.50 bits per heavy atom. The van der Waals surface area contributed by atoms with Crippen LogP contribution in [-0.4, -0.2) is 32.8 Å². The molecule has 0 fully saturated rings. The molecule has 7 nitrogen and oxygen atoms in total. The molecular formula is C17H17N5O2. The molecule has 1 aromatic carbocycles. The minimum Gasteiger partial charge on any atom is -0.494 e. The summed E-state index contributed by atoms with van der Waals surface area (Å²) in [5, 5.41) is 3.90. The van der Waals surface area contributed by atoms with E-state index >= 15 is 0 Å². The topological polar surface area (TPSA) is 89.9 Å². The molecule has 0 saturated carbocycles. The number of nitrogens with zero attached hydrogens (tertiary/aromatic N) is 4. The molecule has 0 aliphatic heterocycles. The molecule has 7 heteroatoms. The molecule has 0 unspecified atom stereocenters. The number of nitrogens with one attached hydrogen (secondary N) is 1. The predicted molar refractivity (Wildman–Crippen MR) is 90.9 cm³/mol. The Morgan fingerprint density at radius 2 is 1.83 bits per heavy atom. The van der Waals surface area contributed by atoms with Gasteiger partial charge in [-0.25, -0.2) is 19.9 Å². The first-order chi connectivity index (χ1) is 11.5. The fraction of sp³-hybridized carbons (Fsp3) is 0.235. The van der Waals surface area contributed by atoms with Gasteiger partial charge in [-0.1, -0.05) is 12.1 Å². The molecular weight excluding hydrogens is 306 g/mol. The normalized spacial score (nSPS) is 10.7. The number of para-hydroxylation sites is 1. The van der Waals surface area contributed by atoms with Gasteiger partial charge in [-0.2, -0.15) is 0 Å². The molecule has 122 valence electrons. The van der Waals surface area contributed by atoms with Crippen LogP contribution in [0.3, 0.4) is 0 Å². The summed E-state index contributed by atoms with van der Waals surface area (Å²) in [5.41, 5.74) is 2.64. The quantitative estimate of drug-likeness (QED) is 0.738. The Bertz CT molecular complexity index is 940. The number of carbonyl (C=O) groups is 1. The maximum absolute atomic E-state index is 11.5. The molecule has 0 bridgehead atoms. The molecule has 0 saturated heterocycles. The number of methoxy groups -OCH3 is 1. The van der Waals surface area contributed by atoms with Crippen LogP contribution in [0.5, 0.6) is 5.75 Å². The lowest BCUT2D eigenvalue weighted by molar-refractivity contribution is 0.101. The number of ketones is 1. The second-order valence-electron chi connectivity index (χ2n) is 5.36. The van der Waals surface area contributed by atoms with Crippen LogP contribution in [0.4, 0.5) is 11.9 Å². The van der Waals surface area contributed by atoms with Crippen LogP contribution < -0.4 is 10.1 Å². The Kier molecular flexibility index (Phi) is 4.07. The Morgan fingerprint density at radius 1 is 1.08 bits per heavy atom. The van der Waals surface area contributed by atoms with Gasteiger partial charge < -0.3 is 4.74 Å². The van der Waals surface area contributed by atoms with Gasteiger partial charge in [-0.15, -0.1) is 0 Å². The molecule has 0 amide bonds. The summed E-state index contributed by atoms with van der Waals surface area (Å²) in [6.45, 7) is 5.15. The van der Waals surface area contributed by atoms with Crippen molar-refractivity contribution in [1.29, 1.82) is 0 Å². The Hall–Kier alpha value is -3.09. The van der Waals surface area contributed by atoms with Crippen molar-refractivity contribution in [2.45, 2.75) is 20.8 Å². The average Bonchev–Trinajstić information content (AvgIpc) is 2.54. The second kappa shape index (κ2) is 6.19. The average molecular weight is 323 g/mol. The second-order valence-corrected chi connectivity index (χ2v) is 5.36. The van der Waals surface area contributed by atoms with Crippen LogP contribution in [0.1, 0.15) is 28.7 Å². The van der Waals surface area contributed by atoms with E-state index in [1.807, 2.05) is 25.1 Å². The molecule has 0 spiro atoms. The van der Waals surface area contributed by atoms with Crippen LogP contribution in [-0.2, 0) is 0 Å². The monoisotopic (exact) mass is 323 g/mol. The Labute approximate surface area is 139 Å². The summed E-state index contributed by atoms with van der Waals surface area (Å²) < 4.78 is 5.36. The van der Waals surface area contributed by atoms with E-state index in [0.29, 0.717) is 34.4 Å². The number of aromatic nitrogens is 4. The molecule has 0 radical (unpaired) electrons. The number of fused-ring (bicyclic) bond motifs is 1. The predicted octanol–water partition coefficient (Wildman–Crippen LogP) is 2.99. The third kappa shape index (κ3) is 2.88. The van der Waals surface area contributed by atoms with Crippen molar-refractivity contribution in [1.82, 2.24) is 19.9 Å². The van der Waals surface area contributed by atoms with Gasteiger partial charge >= 0.3 is 0 Å². The number of anilines is 2. The maximum Gasteiger partial charge on any atom is 0.230 e. The van der Waals surface area contributed by atoms with E-state index in [0.717, 1.165) is 11.1 Å². The fourth-order valence-electron chi connectivity index (χ4n) is 2.47. The van der Waals surface area contributed by atoms with E-state index in [4.69, 9.17) is 4.74 Å². The lowest BCUT2D eigenvalue weighted by Crippen LogP contribution is -2.07. The van der Waals surface area contributed by atoms with Gasteiger partial charge in [0.05, 0.1) is 24.1 Å². The van der Waals surface area contributed by atoms with Crippen molar-refractivity contribution >= 4 is 28.6 Å². The first-order valence-corrected chi connectivity index (χ1v) is 7.42. The van der Waals surface area contributed by atoms with E-state index in [1.165, 1.54) is 13.1 Å². The van der Waals surface area contributed by atoms with Crippen molar-refractivity contribution < 1.29 is 9.53 Å². The van der Waals surface area contributed by atoms with Crippen molar-refractivity contribution in [3.05, 3.63) is 41.3 Å². The lowest BCUT2D eigenvalue weighted by Gasteiger charge is -2.10. The third-order valence-corrected chi connectivity index (χ3v) is 3.68. The first-order valence-electron chi connectivity index (χ1n) is 7.42. The largest absolute Gasteiger partial charge is 0.494 e. The smallest absolute Gasteiger partial charge is 0.230 e. The molecule has 24 heavy (non-hydrogen) atoms. The third-order valence-electron chi connectivity index (χ3n) is 3.68. The Balaban J connectivity index is 2.01. The van der Waals surface area contributed by atoms with Crippen LogP contribution in [0, 0.1) is 13.8 Å². The van der Waals surface area contributed by atoms with Gasteiger partial charge in [0.15, 0.2) is 5.78 Å². The van der Waals surface area contributed by atoms with Gasteiger partial charge in [0, 0.05) is 11.6 Å². The van der Waals surface area contributed by atoms with E-state index in [9.17, 15) is 4.79 Å². The number of rotatable bonds is 4. The molecule has 2 heterocycles.